The Balaban J connectivity index is 1.91. The van der Waals surface area contributed by atoms with Crippen LogP contribution in [-0.4, -0.2) is 80.1 Å². The van der Waals surface area contributed by atoms with Crippen molar-refractivity contribution < 1.29 is 33.4 Å². The number of esters is 1. The molecule has 0 spiro atoms. The number of pyridine rings is 1. The van der Waals surface area contributed by atoms with Crippen molar-refractivity contribution in [3.05, 3.63) is 53.9 Å². The number of fused-ring (bicyclic) bond motifs is 16. The first-order chi connectivity index (χ1) is 20.7. The lowest BCUT2D eigenvalue weighted by Gasteiger charge is -2.33. The van der Waals surface area contributed by atoms with Gasteiger partial charge in [-0.2, -0.15) is 0 Å². The lowest BCUT2D eigenvalue weighted by atomic mass is 9.76. The number of methoxy groups -OCH3 is 1. The number of ether oxygens (including phenoxy) is 3. The van der Waals surface area contributed by atoms with E-state index >= 15 is 0 Å². The molecule has 2 bridgehead atoms. The highest BCUT2D eigenvalue weighted by Crippen LogP contribution is 2.35. The van der Waals surface area contributed by atoms with Gasteiger partial charge in [0.2, 0.25) is 5.91 Å². The molecule has 0 saturated heterocycles. The van der Waals surface area contributed by atoms with E-state index in [1.165, 1.54) is 7.11 Å². The Hall–Kier alpha value is -4.15. The van der Waals surface area contributed by atoms with Gasteiger partial charge in [0, 0.05) is 38.8 Å². The summed E-state index contributed by atoms with van der Waals surface area (Å²) < 4.78 is 16.9. The number of amides is 3. The molecule has 1 aromatic carbocycles. The topological polar surface area (TPSA) is 136 Å². The van der Waals surface area contributed by atoms with Gasteiger partial charge in [0.1, 0.15) is 5.69 Å². The summed E-state index contributed by atoms with van der Waals surface area (Å²) in [4.78, 5) is 58.1. The van der Waals surface area contributed by atoms with Crippen LogP contribution in [0.3, 0.4) is 0 Å². The number of carbonyl (C=O) groups excluding carboxylic acids is 4. The monoisotopic (exact) mass is 596 g/mol. The number of aromatic nitrogens is 1. The van der Waals surface area contributed by atoms with Gasteiger partial charge in [-0.25, -0.2) is 0 Å². The van der Waals surface area contributed by atoms with Crippen molar-refractivity contribution in [3.8, 4) is 11.5 Å². The zero-order valence-corrected chi connectivity index (χ0v) is 25.6. The van der Waals surface area contributed by atoms with E-state index in [1.54, 1.807) is 48.4 Å². The third-order valence-corrected chi connectivity index (χ3v) is 7.37. The van der Waals surface area contributed by atoms with Crippen LogP contribution in [0.4, 0.5) is 0 Å². The van der Waals surface area contributed by atoms with Gasteiger partial charge < -0.3 is 29.7 Å². The van der Waals surface area contributed by atoms with Gasteiger partial charge in [0.15, 0.2) is 18.1 Å². The number of nitrogens with one attached hydrogen (secondary N) is 2. The second-order valence-corrected chi connectivity index (χ2v) is 11.1. The molecule has 0 saturated carbocycles. The van der Waals surface area contributed by atoms with Gasteiger partial charge in [-0.1, -0.05) is 26.0 Å². The van der Waals surface area contributed by atoms with Crippen LogP contribution in [0.1, 0.15) is 62.5 Å². The molecule has 0 fully saturated rings. The Morgan fingerprint density at radius 1 is 1.12 bits per heavy atom. The highest BCUT2D eigenvalue weighted by atomic mass is 16.5. The Morgan fingerprint density at radius 3 is 2.63 bits per heavy atom. The minimum Gasteiger partial charge on any atom is -0.493 e. The summed E-state index contributed by atoms with van der Waals surface area (Å²) in [5, 5.41) is 5.76. The first kappa shape index (κ1) is 33.4. The van der Waals surface area contributed by atoms with E-state index in [4.69, 9.17) is 14.2 Å². The van der Waals surface area contributed by atoms with Crippen LogP contribution in [0, 0.1) is 11.3 Å². The lowest BCUT2D eigenvalue weighted by molar-refractivity contribution is -0.156. The summed E-state index contributed by atoms with van der Waals surface area (Å²) >= 11 is 0. The van der Waals surface area contributed by atoms with Crippen molar-refractivity contribution in [1.29, 1.82) is 0 Å². The standard InChI is InChI=1S/C32H44N4O7/c1-5-42-31(40)32(14-13-23(2)3)20-24-11-12-26(27(19-24)41-4)43-21-29(38)34-16-18-36(17-8-10-28(37)35-22-32)30(39)25-9-6-7-15-33-25/h6-7,9,11-12,15,19,23H,5,8,10,13-14,16-18,20-22H2,1-4H3,(H,34,38)(H,35,37). The van der Waals surface area contributed by atoms with Gasteiger partial charge >= 0.3 is 5.97 Å². The predicted octanol–water partition coefficient (Wildman–Crippen LogP) is 3.17. The van der Waals surface area contributed by atoms with Crippen LogP contribution in [0.15, 0.2) is 42.6 Å². The second-order valence-electron chi connectivity index (χ2n) is 11.1. The first-order valence-corrected chi connectivity index (χ1v) is 14.9. The largest absolute Gasteiger partial charge is 0.493 e. The molecule has 4 rings (SSSR count). The maximum absolute atomic E-state index is 13.5. The molecule has 11 heteroatoms. The zero-order chi connectivity index (χ0) is 31.2. The quantitative estimate of drug-likeness (QED) is 0.368. The molecule has 3 amide bonds. The molecule has 2 aromatic rings. The number of benzene rings is 1. The van der Waals surface area contributed by atoms with Crippen molar-refractivity contribution in [3.63, 3.8) is 0 Å². The zero-order valence-electron chi connectivity index (χ0n) is 25.6. The van der Waals surface area contributed by atoms with Crippen molar-refractivity contribution in [2.75, 3.05) is 46.5 Å². The van der Waals surface area contributed by atoms with E-state index < -0.39 is 5.41 Å². The lowest BCUT2D eigenvalue weighted by Crippen LogP contribution is -2.46. The van der Waals surface area contributed by atoms with Gasteiger partial charge in [-0.15, -0.1) is 0 Å². The van der Waals surface area contributed by atoms with E-state index in [2.05, 4.69) is 29.5 Å². The van der Waals surface area contributed by atoms with E-state index in [0.717, 1.165) is 12.0 Å². The van der Waals surface area contributed by atoms with Gasteiger partial charge in [-0.3, -0.25) is 24.2 Å². The van der Waals surface area contributed by atoms with Crippen LogP contribution in [-0.2, 0) is 25.5 Å². The molecule has 0 aliphatic carbocycles. The van der Waals surface area contributed by atoms with Gasteiger partial charge in [0.25, 0.3) is 11.8 Å². The predicted molar refractivity (Wildman–Crippen MR) is 161 cm³/mol. The number of hydrogen-bond acceptors (Lipinski definition) is 8. The van der Waals surface area contributed by atoms with Gasteiger partial charge in [0.05, 0.1) is 19.1 Å². The maximum atomic E-state index is 13.5. The molecule has 2 N–H and O–H groups in total. The molecular weight excluding hydrogens is 552 g/mol. The number of hydrogen-bond donors (Lipinski definition) is 2. The summed E-state index contributed by atoms with van der Waals surface area (Å²) in [6, 6.07) is 10.4. The average Bonchev–Trinajstić information content (AvgIpc) is 3.00. The Morgan fingerprint density at radius 2 is 1.93 bits per heavy atom. The Bertz CT molecular complexity index is 1240. The smallest absolute Gasteiger partial charge is 0.314 e. The molecule has 43 heavy (non-hydrogen) atoms. The molecule has 3 heterocycles. The van der Waals surface area contributed by atoms with Crippen molar-refractivity contribution in [2.45, 2.75) is 52.9 Å². The molecule has 11 nitrogen and oxygen atoms in total. The number of carbonyl (C=O) groups is 4. The third kappa shape index (κ3) is 9.97. The number of nitrogens with zero attached hydrogens (tertiary/aromatic N) is 2. The van der Waals surface area contributed by atoms with Gasteiger partial charge in [-0.05, 0) is 68.4 Å². The molecule has 2 aliphatic heterocycles. The third-order valence-electron chi connectivity index (χ3n) is 7.37. The fourth-order valence-electron chi connectivity index (χ4n) is 4.94. The molecule has 0 radical (unpaired) electrons. The van der Waals surface area contributed by atoms with E-state index in [9.17, 15) is 19.2 Å². The SMILES string of the molecule is CCOC(=O)C1(CCC(C)C)CNC(=O)CCCN(C(=O)c2ccccn2)CCNC(=O)COc2ccc(cc2OC)C1. The minimum absolute atomic E-state index is 0.104. The van der Waals surface area contributed by atoms with E-state index in [1.807, 2.05) is 6.07 Å². The summed E-state index contributed by atoms with van der Waals surface area (Å²) in [5.41, 5.74) is 0.0775. The van der Waals surface area contributed by atoms with Crippen molar-refractivity contribution in [1.82, 2.24) is 20.5 Å². The molecule has 1 unspecified atom stereocenters. The summed E-state index contributed by atoms with van der Waals surface area (Å²) in [7, 11) is 1.51. The van der Waals surface area contributed by atoms with Crippen molar-refractivity contribution >= 4 is 23.7 Å². The molecule has 234 valence electrons. The first-order valence-electron chi connectivity index (χ1n) is 14.9. The Labute approximate surface area is 253 Å². The fourth-order valence-corrected chi connectivity index (χ4v) is 4.94. The number of rotatable bonds is 7. The molecule has 2 aliphatic rings. The van der Waals surface area contributed by atoms with Crippen LogP contribution < -0.4 is 20.1 Å². The average molecular weight is 597 g/mol. The van der Waals surface area contributed by atoms with Crippen LogP contribution >= 0.6 is 0 Å². The van der Waals surface area contributed by atoms with E-state index in [-0.39, 0.29) is 75.2 Å². The minimum atomic E-state index is -1.01. The Kier molecular flexibility index (Phi) is 12.8. The summed E-state index contributed by atoms with van der Waals surface area (Å²) in [6.45, 7) is 6.72. The fraction of sp³-hybridized carbons (Fsp3) is 0.531. The summed E-state index contributed by atoms with van der Waals surface area (Å²) in [6.07, 6.45) is 3.66. The summed E-state index contributed by atoms with van der Waals surface area (Å²) in [5.74, 6) is -0.121. The molecule has 1 aromatic heterocycles. The van der Waals surface area contributed by atoms with Crippen LogP contribution in [0.2, 0.25) is 0 Å². The highest BCUT2D eigenvalue weighted by Gasteiger charge is 2.40. The van der Waals surface area contributed by atoms with Crippen molar-refractivity contribution in [2.24, 2.45) is 11.3 Å². The second kappa shape index (κ2) is 16.5. The maximum Gasteiger partial charge on any atom is 0.314 e. The molecular formula is C32H44N4O7. The highest BCUT2D eigenvalue weighted by molar-refractivity contribution is 5.92. The van der Waals surface area contributed by atoms with E-state index in [0.29, 0.717) is 36.7 Å². The van der Waals surface area contributed by atoms with Crippen LogP contribution in [0.25, 0.3) is 0 Å². The normalized spacial score (nSPS) is 18.9. The van der Waals surface area contributed by atoms with Crippen LogP contribution in [0.5, 0.6) is 11.5 Å². The molecule has 1 atom stereocenters.